The Balaban J connectivity index is 2.99. The molecule has 1 rings (SSSR count). The van der Waals surface area contributed by atoms with Crippen molar-refractivity contribution >= 4 is 18.3 Å². The second kappa shape index (κ2) is 5.47. The Kier molecular flexibility index (Phi) is 4.52. The first-order valence-electron chi connectivity index (χ1n) is 4.68. The maximum atomic E-state index is 13.3. The molecule has 0 aliphatic heterocycles. The Bertz CT molecular complexity index is 376. The highest BCUT2D eigenvalue weighted by Crippen LogP contribution is 2.25. The van der Waals surface area contributed by atoms with Gasteiger partial charge >= 0.3 is 0 Å². The molecule has 0 saturated heterocycles. The highest BCUT2D eigenvalue weighted by Gasteiger charge is 2.22. The molecule has 6 heteroatoms. The number of hydrogen-bond acceptors (Lipinski definition) is 4. The normalized spacial score (nSPS) is 14.8. The second-order valence-corrected chi connectivity index (χ2v) is 3.87. The summed E-state index contributed by atoms with van der Waals surface area (Å²) in [6.45, 7) is 0. The van der Waals surface area contributed by atoms with Gasteiger partial charge in [-0.15, -0.1) is 0 Å². The number of rotatable bonds is 4. The van der Waals surface area contributed by atoms with Crippen molar-refractivity contribution in [2.75, 3.05) is 11.5 Å². The van der Waals surface area contributed by atoms with Gasteiger partial charge in [-0.05, 0) is 18.2 Å². The second-order valence-electron chi connectivity index (χ2n) is 3.42. The monoisotopic (exact) mass is 249 g/mol. The Morgan fingerprint density at radius 3 is 2.44 bits per heavy atom. The molecule has 2 atom stereocenters. The van der Waals surface area contributed by atoms with E-state index in [1.807, 2.05) is 0 Å². The number of nitrogens with two attached hydrogens (primary N) is 1. The third kappa shape index (κ3) is 2.84. The van der Waals surface area contributed by atoms with Crippen LogP contribution in [0.4, 0.5) is 14.5 Å². The van der Waals surface area contributed by atoms with Gasteiger partial charge in [0.25, 0.3) is 0 Å². The van der Waals surface area contributed by atoms with E-state index in [1.54, 1.807) is 0 Å². The Morgan fingerprint density at radius 1 is 1.25 bits per heavy atom. The lowest BCUT2D eigenvalue weighted by molar-refractivity contribution is 0.0150. The summed E-state index contributed by atoms with van der Waals surface area (Å²) in [5.41, 5.74) is 4.51. The predicted molar refractivity (Wildman–Crippen MR) is 60.2 cm³/mol. The summed E-state index contributed by atoms with van der Waals surface area (Å²) in [6, 6.07) is 1.57. The van der Waals surface area contributed by atoms with Crippen molar-refractivity contribution in [1.82, 2.24) is 0 Å². The standard InChI is InChI=1S/C10H13F2NO2S/c11-6-4-8(13)7(12)3-5(6)10(15)9(14)1-2-16/h3-4,9-10,14-16H,1-2,13H2. The van der Waals surface area contributed by atoms with E-state index in [-0.39, 0.29) is 17.7 Å². The molecule has 0 spiro atoms. The molecule has 1 aromatic carbocycles. The minimum Gasteiger partial charge on any atom is -0.396 e. The van der Waals surface area contributed by atoms with Crippen LogP contribution in [0.2, 0.25) is 0 Å². The molecule has 0 bridgehead atoms. The predicted octanol–water partition coefficient (Wildman–Crippen LogP) is 1.26. The van der Waals surface area contributed by atoms with Crippen LogP contribution in [0.15, 0.2) is 12.1 Å². The smallest absolute Gasteiger partial charge is 0.146 e. The number of halogens is 2. The average Bonchev–Trinajstić information content (AvgIpc) is 2.23. The lowest BCUT2D eigenvalue weighted by atomic mass is 10.0. The van der Waals surface area contributed by atoms with Crippen molar-refractivity contribution in [1.29, 1.82) is 0 Å². The van der Waals surface area contributed by atoms with E-state index in [4.69, 9.17) is 5.73 Å². The average molecular weight is 249 g/mol. The summed E-state index contributed by atoms with van der Waals surface area (Å²) in [6.07, 6.45) is -2.49. The van der Waals surface area contributed by atoms with Gasteiger partial charge in [-0.1, -0.05) is 0 Å². The highest BCUT2D eigenvalue weighted by atomic mass is 32.1. The first-order chi connectivity index (χ1) is 7.47. The fraction of sp³-hybridized carbons (Fsp3) is 0.400. The van der Waals surface area contributed by atoms with Gasteiger partial charge < -0.3 is 15.9 Å². The fourth-order valence-corrected chi connectivity index (χ4v) is 1.57. The maximum absolute atomic E-state index is 13.3. The van der Waals surface area contributed by atoms with Crippen LogP contribution in [0, 0.1) is 11.6 Å². The first-order valence-corrected chi connectivity index (χ1v) is 5.32. The van der Waals surface area contributed by atoms with Gasteiger partial charge in [0.05, 0.1) is 11.8 Å². The zero-order valence-corrected chi connectivity index (χ0v) is 9.29. The van der Waals surface area contributed by atoms with E-state index < -0.39 is 23.8 Å². The largest absolute Gasteiger partial charge is 0.396 e. The Hall–Kier alpha value is -0.850. The molecule has 0 aromatic heterocycles. The molecule has 0 heterocycles. The van der Waals surface area contributed by atoms with Crippen molar-refractivity contribution in [2.45, 2.75) is 18.6 Å². The van der Waals surface area contributed by atoms with E-state index in [1.165, 1.54) is 0 Å². The van der Waals surface area contributed by atoms with Crippen LogP contribution in [0.5, 0.6) is 0 Å². The molecule has 0 saturated carbocycles. The third-order valence-corrected chi connectivity index (χ3v) is 2.48. The molecule has 2 unspecified atom stereocenters. The number of aliphatic hydroxyl groups excluding tert-OH is 2. The number of thiol groups is 1. The molecule has 0 radical (unpaired) electrons. The Labute approximate surface area is 97.3 Å². The number of benzene rings is 1. The van der Waals surface area contributed by atoms with Crippen LogP contribution in [0.25, 0.3) is 0 Å². The molecular weight excluding hydrogens is 236 g/mol. The van der Waals surface area contributed by atoms with Crippen molar-refractivity contribution in [2.24, 2.45) is 0 Å². The number of anilines is 1. The molecule has 0 amide bonds. The van der Waals surface area contributed by atoms with Crippen molar-refractivity contribution in [3.8, 4) is 0 Å². The van der Waals surface area contributed by atoms with Crippen LogP contribution in [0.1, 0.15) is 18.1 Å². The zero-order chi connectivity index (χ0) is 12.3. The molecule has 3 nitrogen and oxygen atoms in total. The van der Waals surface area contributed by atoms with E-state index in [0.29, 0.717) is 5.75 Å². The molecule has 16 heavy (non-hydrogen) atoms. The van der Waals surface area contributed by atoms with E-state index in [9.17, 15) is 19.0 Å². The SMILES string of the molecule is Nc1cc(F)c(C(O)C(O)CCS)cc1F. The van der Waals surface area contributed by atoms with Gasteiger partial charge in [-0.2, -0.15) is 12.6 Å². The first kappa shape index (κ1) is 13.2. The van der Waals surface area contributed by atoms with E-state index >= 15 is 0 Å². The molecule has 90 valence electrons. The van der Waals surface area contributed by atoms with Gasteiger partial charge in [-0.3, -0.25) is 0 Å². The zero-order valence-electron chi connectivity index (χ0n) is 8.40. The summed E-state index contributed by atoms with van der Waals surface area (Å²) in [7, 11) is 0. The van der Waals surface area contributed by atoms with Gasteiger partial charge in [0.1, 0.15) is 17.7 Å². The molecule has 1 aromatic rings. The third-order valence-electron chi connectivity index (χ3n) is 2.22. The topological polar surface area (TPSA) is 66.5 Å². The molecule has 4 N–H and O–H groups in total. The van der Waals surface area contributed by atoms with Gasteiger partial charge in [0, 0.05) is 11.6 Å². The molecule has 0 aliphatic rings. The number of nitrogen functional groups attached to an aromatic ring is 1. The summed E-state index contributed by atoms with van der Waals surface area (Å²) in [5.74, 6) is -1.34. The maximum Gasteiger partial charge on any atom is 0.146 e. The van der Waals surface area contributed by atoms with E-state index in [2.05, 4.69) is 12.6 Å². The summed E-state index contributed by atoms with van der Waals surface area (Å²) in [4.78, 5) is 0. The van der Waals surface area contributed by atoms with Crippen LogP contribution in [0.3, 0.4) is 0 Å². The Morgan fingerprint density at radius 2 is 1.88 bits per heavy atom. The molecular formula is C10H13F2NO2S. The van der Waals surface area contributed by atoms with Gasteiger partial charge in [0.2, 0.25) is 0 Å². The van der Waals surface area contributed by atoms with Gasteiger partial charge in [-0.25, -0.2) is 8.78 Å². The van der Waals surface area contributed by atoms with Crippen LogP contribution >= 0.6 is 12.6 Å². The fourth-order valence-electron chi connectivity index (χ4n) is 1.30. The van der Waals surface area contributed by atoms with Crippen molar-refractivity contribution in [3.05, 3.63) is 29.3 Å². The van der Waals surface area contributed by atoms with Gasteiger partial charge in [0.15, 0.2) is 0 Å². The molecule has 0 fully saturated rings. The summed E-state index contributed by atoms with van der Waals surface area (Å²) < 4.78 is 26.4. The lowest BCUT2D eigenvalue weighted by Crippen LogP contribution is -2.20. The minimum atomic E-state index is -1.48. The van der Waals surface area contributed by atoms with Crippen LogP contribution in [-0.2, 0) is 0 Å². The van der Waals surface area contributed by atoms with Crippen LogP contribution in [-0.4, -0.2) is 22.1 Å². The molecule has 0 aliphatic carbocycles. The van der Waals surface area contributed by atoms with Crippen molar-refractivity contribution in [3.63, 3.8) is 0 Å². The number of aliphatic hydroxyl groups is 2. The summed E-state index contributed by atoms with van der Waals surface area (Å²) >= 11 is 3.87. The highest BCUT2D eigenvalue weighted by molar-refractivity contribution is 7.80. The van der Waals surface area contributed by atoms with E-state index in [0.717, 1.165) is 12.1 Å². The van der Waals surface area contributed by atoms with Crippen LogP contribution < -0.4 is 5.73 Å². The minimum absolute atomic E-state index is 0.176. The summed E-state index contributed by atoms with van der Waals surface area (Å²) in [5, 5.41) is 19.0. The van der Waals surface area contributed by atoms with Crippen molar-refractivity contribution < 1.29 is 19.0 Å². The quantitative estimate of drug-likeness (QED) is 0.480. The number of hydrogen-bond donors (Lipinski definition) is 4. The lowest BCUT2D eigenvalue weighted by Gasteiger charge is -2.18.